The Hall–Kier alpha value is -1.91. The molecule has 3 atom stereocenters. The zero-order valence-electron chi connectivity index (χ0n) is 17.7. The Bertz CT molecular complexity index is 906. The van der Waals surface area contributed by atoms with Crippen molar-refractivity contribution in [2.75, 3.05) is 41.7 Å². The maximum Gasteiger partial charge on any atom is 0.231 e. The molecule has 2 aliphatic heterocycles. The van der Waals surface area contributed by atoms with E-state index in [2.05, 4.69) is 13.1 Å². The number of hydrogen-bond acceptors (Lipinski definition) is 6. The third kappa shape index (κ3) is 4.00. The van der Waals surface area contributed by atoms with E-state index in [1.54, 1.807) is 21.3 Å². The van der Waals surface area contributed by atoms with E-state index in [1.807, 2.05) is 18.2 Å². The Labute approximate surface area is 193 Å². The van der Waals surface area contributed by atoms with E-state index >= 15 is 0 Å². The summed E-state index contributed by atoms with van der Waals surface area (Å²) in [5.74, 6) is 3.36. The summed E-state index contributed by atoms with van der Waals surface area (Å²) in [5.41, 5.74) is 3.09. The molecule has 0 spiro atoms. The van der Waals surface area contributed by atoms with E-state index in [0.717, 1.165) is 35.6 Å². The summed E-state index contributed by atoms with van der Waals surface area (Å²) in [5, 5.41) is 11.1. The van der Waals surface area contributed by atoms with Crippen LogP contribution in [0.15, 0.2) is 24.3 Å². The number of quaternary nitrogens is 1. The quantitative estimate of drug-likeness (QED) is 0.453. The van der Waals surface area contributed by atoms with E-state index in [9.17, 15) is 5.11 Å². The monoisotopic (exact) mass is 529 g/mol. The first-order valence-corrected chi connectivity index (χ1v) is 9.79. The lowest BCUT2D eigenvalue weighted by Crippen LogP contribution is -3.10. The topological polar surface area (TPSA) is 70.8 Å². The largest absolute Gasteiger partial charge is 1.00 e. The summed E-state index contributed by atoms with van der Waals surface area (Å²) in [6, 6.07) is 7.65. The molecule has 2 heterocycles. The minimum atomic E-state index is -0.657. The van der Waals surface area contributed by atoms with Crippen LogP contribution in [0, 0.1) is 0 Å². The number of fused-ring (bicyclic) bond motifs is 2. The molecule has 8 heteroatoms. The third-order valence-electron chi connectivity index (χ3n) is 5.93. The van der Waals surface area contributed by atoms with Gasteiger partial charge in [0, 0.05) is 12.8 Å². The predicted octanol–water partition coefficient (Wildman–Crippen LogP) is -1.32. The maximum atomic E-state index is 11.1. The lowest BCUT2D eigenvalue weighted by atomic mass is 9.87. The van der Waals surface area contributed by atoms with Gasteiger partial charge in [0.15, 0.2) is 23.0 Å². The molecule has 2 aromatic carbocycles. The average molecular weight is 529 g/mol. The maximum absolute atomic E-state index is 11.1. The number of benzene rings is 2. The normalized spacial score (nSPS) is 20.0. The molecular formula is C22H28INO6. The van der Waals surface area contributed by atoms with Gasteiger partial charge in [0.2, 0.25) is 12.5 Å². The van der Waals surface area contributed by atoms with Crippen molar-refractivity contribution in [3.8, 4) is 28.7 Å². The van der Waals surface area contributed by atoms with E-state index in [0.29, 0.717) is 23.7 Å². The molecule has 2 N–H and O–H groups in total. The van der Waals surface area contributed by atoms with Crippen molar-refractivity contribution >= 4 is 0 Å². The minimum Gasteiger partial charge on any atom is -1.00 e. The Balaban J connectivity index is 0.00000256. The van der Waals surface area contributed by atoms with Gasteiger partial charge in [0.05, 0.1) is 46.6 Å². The zero-order valence-corrected chi connectivity index (χ0v) is 19.8. The number of ether oxygens (including phenoxy) is 5. The van der Waals surface area contributed by atoms with Crippen LogP contribution in [0.25, 0.3) is 0 Å². The summed E-state index contributed by atoms with van der Waals surface area (Å²) in [7, 11) is 7.00. The highest BCUT2D eigenvalue weighted by molar-refractivity contribution is 5.61. The van der Waals surface area contributed by atoms with Crippen LogP contribution in [-0.2, 0) is 6.42 Å². The highest BCUT2D eigenvalue weighted by Gasteiger charge is 2.37. The number of hydrogen-bond donors (Lipinski definition) is 2. The molecule has 30 heavy (non-hydrogen) atoms. The highest BCUT2D eigenvalue weighted by Crippen LogP contribution is 2.48. The van der Waals surface area contributed by atoms with E-state index in [1.165, 1.54) is 10.5 Å². The Morgan fingerprint density at radius 1 is 1.10 bits per heavy atom. The molecular weight excluding hydrogens is 501 g/mol. The lowest BCUT2D eigenvalue weighted by molar-refractivity contribution is -0.915. The van der Waals surface area contributed by atoms with Gasteiger partial charge in [-0.2, -0.15) is 0 Å². The molecule has 2 aromatic rings. The van der Waals surface area contributed by atoms with Crippen LogP contribution in [0.1, 0.15) is 35.3 Å². The number of rotatable bonds is 6. The summed E-state index contributed by atoms with van der Waals surface area (Å²) >= 11 is 0. The van der Waals surface area contributed by atoms with Gasteiger partial charge in [-0.15, -0.1) is 0 Å². The number of methoxy groups -OCH3 is 3. The van der Waals surface area contributed by atoms with Gasteiger partial charge in [-0.1, -0.05) is 6.07 Å². The number of likely N-dealkylation sites (N-methyl/N-ethyl adjacent to an activating group) is 1. The number of nitrogens with one attached hydrogen (secondary N) is 1. The van der Waals surface area contributed by atoms with Crippen LogP contribution in [0.3, 0.4) is 0 Å². The van der Waals surface area contributed by atoms with Crippen LogP contribution in [-0.4, -0.2) is 46.8 Å². The minimum absolute atomic E-state index is 0. The fourth-order valence-corrected chi connectivity index (χ4v) is 4.36. The Kier molecular flexibility index (Phi) is 7.20. The fourth-order valence-electron chi connectivity index (χ4n) is 4.36. The highest BCUT2D eigenvalue weighted by atomic mass is 127. The van der Waals surface area contributed by atoms with Crippen LogP contribution in [0.4, 0.5) is 0 Å². The van der Waals surface area contributed by atoms with Gasteiger partial charge < -0.3 is 57.7 Å². The summed E-state index contributed by atoms with van der Waals surface area (Å²) in [6.45, 7) is 1.18. The molecule has 0 aromatic heterocycles. The van der Waals surface area contributed by atoms with Crippen molar-refractivity contribution in [2.45, 2.75) is 25.0 Å². The first-order valence-electron chi connectivity index (χ1n) is 9.79. The van der Waals surface area contributed by atoms with Gasteiger partial charge in [0.25, 0.3) is 0 Å². The first-order chi connectivity index (χ1) is 14.1. The zero-order chi connectivity index (χ0) is 20.5. The van der Waals surface area contributed by atoms with Crippen LogP contribution in [0.5, 0.6) is 28.7 Å². The standard InChI is InChI=1S/C22H27NO6.HI/c1-23-8-7-14-10-19-21(29-12-28-19)22(27-4)20(14)15(23)11-16(24)13-5-6-17(25-2)18(9-13)26-3;/h5-6,9-10,15-16,24H,7-8,11-12H2,1-4H3;1H. The molecule has 0 saturated carbocycles. The molecule has 7 nitrogen and oxygen atoms in total. The smallest absolute Gasteiger partial charge is 0.231 e. The van der Waals surface area contributed by atoms with E-state index in [4.69, 9.17) is 23.7 Å². The van der Waals surface area contributed by atoms with Gasteiger partial charge >= 0.3 is 0 Å². The third-order valence-corrected chi connectivity index (χ3v) is 5.93. The number of aliphatic hydroxyl groups is 1. The van der Waals surface area contributed by atoms with Crippen molar-refractivity contribution in [1.82, 2.24) is 0 Å². The fraction of sp³-hybridized carbons (Fsp3) is 0.455. The van der Waals surface area contributed by atoms with Crippen LogP contribution in [0.2, 0.25) is 0 Å². The van der Waals surface area contributed by atoms with Crippen LogP contribution >= 0.6 is 0 Å². The van der Waals surface area contributed by atoms with Crippen molar-refractivity contribution < 1.29 is 57.7 Å². The van der Waals surface area contributed by atoms with Crippen molar-refractivity contribution in [3.63, 3.8) is 0 Å². The number of halogens is 1. The van der Waals surface area contributed by atoms with E-state index in [-0.39, 0.29) is 36.8 Å². The van der Waals surface area contributed by atoms with Gasteiger partial charge in [-0.25, -0.2) is 0 Å². The molecule has 2 aliphatic rings. The van der Waals surface area contributed by atoms with E-state index < -0.39 is 6.10 Å². The van der Waals surface area contributed by atoms with Gasteiger partial charge in [-0.05, 0) is 29.3 Å². The van der Waals surface area contributed by atoms with Gasteiger partial charge in [-0.3, -0.25) is 0 Å². The van der Waals surface area contributed by atoms with Crippen molar-refractivity contribution in [3.05, 3.63) is 41.0 Å². The van der Waals surface area contributed by atoms with Gasteiger partial charge in [0.1, 0.15) is 6.04 Å². The SMILES string of the molecule is COc1ccc(C(O)CC2c3c(cc4c(c3OC)OCO4)CC[NH+]2C)cc1OC.[I-]. The van der Waals surface area contributed by atoms with Crippen molar-refractivity contribution in [1.29, 1.82) is 0 Å². The average Bonchev–Trinajstić information content (AvgIpc) is 3.21. The predicted molar refractivity (Wildman–Crippen MR) is 106 cm³/mol. The summed E-state index contributed by atoms with van der Waals surface area (Å²) < 4.78 is 27.7. The molecule has 0 aliphatic carbocycles. The molecule has 4 rings (SSSR count). The first kappa shape index (κ1) is 22.8. The molecule has 164 valence electrons. The molecule has 0 amide bonds. The molecule has 0 saturated heterocycles. The summed E-state index contributed by atoms with van der Waals surface area (Å²) in [4.78, 5) is 1.33. The molecule has 0 bridgehead atoms. The Morgan fingerprint density at radius 2 is 1.87 bits per heavy atom. The second-order valence-electron chi connectivity index (χ2n) is 7.48. The summed E-state index contributed by atoms with van der Waals surface area (Å²) in [6.07, 6.45) is 0.817. The molecule has 0 fully saturated rings. The second-order valence-corrected chi connectivity index (χ2v) is 7.48. The van der Waals surface area contributed by atoms with Crippen LogP contribution < -0.4 is 52.6 Å². The number of aliphatic hydroxyl groups excluding tert-OH is 1. The second kappa shape index (κ2) is 9.49. The van der Waals surface area contributed by atoms with Crippen molar-refractivity contribution in [2.24, 2.45) is 0 Å². The Morgan fingerprint density at radius 3 is 2.57 bits per heavy atom. The molecule has 3 unspecified atom stereocenters. The molecule has 0 radical (unpaired) electrons. The lowest BCUT2D eigenvalue weighted by Gasteiger charge is -2.34.